The van der Waals surface area contributed by atoms with E-state index in [1.807, 2.05) is 13.8 Å². The molecule has 0 amide bonds. The van der Waals surface area contributed by atoms with Crippen molar-refractivity contribution in [1.82, 2.24) is 19.5 Å². The van der Waals surface area contributed by atoms with E-state index in [0.29, 0.717) is 6.42 Å². The van der Waals surface area contributed by atoms with Gasteiger partial charge in [0.15, 0.2) is 23.2 Å². The molecule has 0 aliphatic carbocycles. The molecule has 0 saturated carbocycles. The van der Waals surface area contributed by atoms with E-state index in [2.05, 4.69) is 21.9 Å². The molecule has 2 saturated heterocycles. The number of unbranched alkanes of at least 4 members (excludes halogenated alkanes) is 6. The minimum Gasteiger partial charge on any atom is -0.463 e. The zero-order valence-electron chi connectivity index (χ0n) is 20.1. The smallest absolute Gasteiger partial charge is 0.305 e. The number of anilines is 1. The highest BCUT2D eigenvalue weighted by Crippen LogP contribution is 2.43. The highest BCUT2D eigenvalue weighted by atomic mass is 16.8. The molecular formula is C23H35N5O6. The Balaban J connectivity index is 1.37. The number of nitrogen functional groups attached to an aromatic ring is 1. The van der Waals surface area contributed by atoms with Crippen LogP contribution in [0.5, 0.6) is 0 Å². The van der Waals surface area contributed by atoms with Gasteiger partial charge in [-0.05, 0) is 20.3 Å². The third-order valence-electron chi connectivity index (χ3n) is 6.24. The van der Waals surface area contributed by atoms with Gasteiger partial charge in [0.05, 0.1) is 6.33 Å². The Morgan fingerprint density at radius 1 is 1.18 bits per heavy atom. The van der Waals surface area contributed by atoms with Gasteiger partial charge in [0.25, 0.3) is 5.56 Å². The molecule has 11 nitrogen and oxygen atoms in total. The summed E-state index contributed by atoms with van der Waals surface area (Å²) in [5, 5.41) is 0. The number of ether oxygens (including phenoxy) is 4. The first-order valence-corrected chi connectivity index (χ1v) is 12.2. The number of hydrogen-bond donors (Lipinski definition) is 2. The van der Waals surface area contributed by atoms with E-state index in [1.165, 1.54) is 32.0 Å². The number of esters is 1. The largest absolute Gasteiger partial charge is 0.463 e. The molecule has 2 aliphatic heterocycles. The number of imidazole rings is 1. The van der Waals surface area contributed by atoms with E-state index < -0.39 is 35.9 Å². The topological polar surface area (TPSA) is 144 Å². The molecule has 0 radical (unpaired) electrons. The molecule has 34 heavy (non-hydrogen) atoms. The summed E-state index contributed by atoms with van der Waals surface area (Å²) < 4.78 is 25.5. The predicted octanol–water partition coefficient (Wildman–Crippen LogP) is 2.80. The molecule has 4 rings (SSSR count). The van der Waals surface area contributed by atoms with Crippen LogP contribution in [0.3, 0.4) is 0 Å². The fourth-order valence-electron chi connectivity index (χ4n) is 4.62. The number of rotatable bonds is 11. The predicted molar refractivity (Wildman–Crippen MR) is 124 cm³/mol. The summed E-state index contributed by atoms with van der Waals surface area (Å²) in [6.45, 7) is 5.89. The van der Waals surface area contributed by atoms with E-state index >= 15 is 0 Å². The van der Waals surface area contributed by atoms with E-state index in [9.17, 15) is 9.59 Å². The first-order chi connectivity index (χ1) is 16.3. The Morgan fingerprint density at radius 2 is 1.88 bits per heavy atom. The molecule has 4 atom stereocenters. The van der Waals surface area contributed by atoms with Crippen molar-refractivity contribution in [3.8, 4) is 0 Å². The number of nitrogens with one attached hydrogen (secondary N) is 1. The molecule has 2 aliphatic rings. The molecule has 3 N–H and O–H groups in total. The average Bonchev–Trinajstić information content (AvgIpc) is 3.42. The zero-order chi connectivity index (χ0) is 24.3. The second-order valence-corrected chi connectivity index (χ2v) is 9.46. The van der Waals surface area contributed by atoms with Gasteiger partial charge in [-0.1, -0.05) is 45.4 Å². The number of fused-ring (bicyclic) bond motifs is 2. The second-order valence-electron chi connectivity index (χ2n) is 9.46. The first kappa shape index (κ1) is 24.6. The van der Waals surface area contributed by atoms with Crippen molar-refractivity contribution in [2.24, 2.45) is 0 Å². The van der Waals surface area contributed by atoms with E-state index in [4.69, 9.17) is 24.7 Å². The molecule has 4 heterocycles. The lowest BCUT2D eigenvalue weighted by atomic mass is 10.1. The van der Waals surface area contributed by atoms with Crippen LogP contribution in [0.25, 0.3) is 11.2 Å². The summed E-state index contributed by atoms with van der Waals surface area (Å²) in [4.78, 5) is 35.3. The molecular weight excluding hydrogens is 442 g/mol. The van der Waals surface area contributed by atoms with Crippen LogP contribution >= 0.6 is 0 Å². The van der Waals surface area contributed by atoms with Crippen molar-refractivity contribution in [1.29, 1.82) is 0 Å². The van der Waals surface area contributed by atoms with Gasteiger partial charge >= 0.3 is 5.97 Å². The van der Waals surface area contributed by atoms with Crippen molar-refractivity contribution in [2.45, 2.75) is 102 Å². The van der Waals surface area contributed by atoms with Crippen molar-refractivity contribution in [3.63, 3.8) is 0 Å². The van der Waals surface area contributed by atoms with Gasteiger partial charge in [-0.3, -0.25) is 19.1 Å². The Morgan fingerprint density at radius 3 is 2.65 bits per heavy atom. The standard InChI is InChI=1S/C23H35N5O6/c1-4-5-6-7-8-9-10-11-15(29)31-12-14-17-18(34-23(2,3)33-17)21(32-14)28-13-25-16-19(28)26-22(24)27-20(16)30/h13-14,17-18,21H,4-12H2,1-3H3,(H3,24,26,27,30). The van der Waals surface area contributed by atoms with Crippen molar-refractivity contribution >= 4 is 23.1 Å². The summed E-state index contributed by atoms with van der Waals surface area (Å²) >= 11 is 0. The van der Waals surface area contributed by atoms with E-state index in [0.717, 1.165) is 19.3 Å². The molecule has 2 aromatic rings. The lowest BCUT2D eigenvalue weighted by Crippen LogP contribution is -2.33. The van der Waals surface area contributed by atoms with Crippen LogP contribution < -0.4 is 11.3 Å². The molecule has 0 aromatic carbocycles. The third-order valence-corrected chi connectivity index (χ3v) is 6.24. The molecule has 2 fully saturated rings. The van der Waals surface area contributed by atoms with Gasteiger partial charge in [-0.15, -0.1) is 0 Å². The van der Waals surface area contributed by atoms with Gasteiger partial charge in [-0.2, -0.15) is 4.98 Å². The minimum atomic E-state index is -0.836. The van der Waals surface area contributed by atoms with Crippen LogP contribution in [0.2, 0.25) is 0 Å². The van der Waals surface area contributed by atoms with Crippen LogP contribution in [-0.4, -0.2) is 56.2 Å². The second kappa shape index (κ2) is 10.4. The molecule has 2 aromatic heterocycles. The van der Waals surface area contributed by atoms with Crippen LogP contribution in [0, 0.1) is 0 Å². The highest BCUT2D eigenvalue weighted by molar-refractivity contribution is 5.70. The number of nitrogens with two attached hydrogens (primary N) is 1. The minimum absolute atomic E-state index is 0.0199. The molecule has 188 valence electrons. The fourth-order valence-corrected chi connectivity index (χ4v) is 4.62. The number of nitrogens with zero attached hydrogens (tertiary/aromatic N) is 3. The SMILES string of the molecule is CCCCCCCCCC(=O)OCC1OC(n2cnc3c(=O)[nH]c(N)nc32)C2OC(C)(C)OC12. The average molecular weight is 478 g/mol. The third kappa shape index (κ3) is 5.42. The Kier molecular flexibility index (Phi) is 7.54. The van der Waals surface area contributed by atoms with E-state index in [-0.39, 0.29) is 29.7 Å². The summed E-state index contributed by atoms with van der Waals surface area (Å²) in [6, 6.07) is 0. The molecule has 4 unspecified atom stereocenters. The normalized spacial score (nSPS) is 25.6. The lowest BCUT2D eigenvalue weighted by Gasteiger charge is -2.24. The number of H-pyrrole nitrogens is 1. The fraction of sp³-hybridized carbons (Fsp3) is 0.739. The quantitative estimate of drug-likeness (QED) is 0.369. The zero-order valence-corrected chi connectivity index (χ0v) is 20.1. The Hall–Kier alpha value is -2.50. The number of carbonyl (C=O) groups is 1. The maximum Gasteiger partial charge on any atom is 0.305 e. The van der Waals surface area contributed by atoms with Crippen molar-refractivity contribution in [3.05, 3.63) is 16.7 Å². The molecule has 0 spiro atoms. The lowest BCUT2D eigenvalue weighted by molar-refractivity contribution is -0.202. The number of aromatic amines is 1. The van der Waals surface area contributed by atoms with Crippen molar-refractivity contribution in [2.75, 3.05) is 12.3 Å². The van der Waals surface area contributed by atoms with Crippen molar-refractivity contribution < 1.29 is 23.7 Å². The van der Waals surface area contributed by atoms with Crippen LogP contribution in [0.15, 0.2) is 11.1 Å². The summed E-state index contributed by atoms with van der Waals surface area (Å²) in [7, 11) is 0. The maximum absolute atomic E-state index is 12.3. The maximum atomic E-state index is 12.3. The van der Waals surface area contributed by atoms with Gasteiger partial charge in [-0.25, -0.2) is 4.98 Å². The van der Waals surface area contributed by atoms with Gasteiger partial charge in [0, 0.05) is 6.42 Å². The molecule has 11 heteroatoms. The summed E-state index contributed by atoms with van der Waals surface area (Å²) in [5.74, 6) is -1.10. The summed E-state index contributed by atoms with van der Waals surface area (Å²) in [5.41, 5.74) is 5.73. The van der Waals surface area contributed by atoms with Crippen LogP contribution in [0.1, 0.15) is 78.4 Å². The Labute approximate surface area is 198 Å². The van der Waals surface area contributed by atoms with Crippen LogP contribution in [-0.2, 0) is 23.7 Å². The highest BCUT2D eigenvalue weighted by Gasteiger charge is 2.56. The summed E-state index contributed by atoms with van der Waals surface area (Å²) in [6.07, 6.45) is 7.65. The van der Waals surface area contributed by atoms with Crippen LogP contribution in [0.4, 0.5) is 5.95 Å². The van der Waals surface area contributed by atoms with Gasteiger partial charge < -0.3 is 24.7 Å². The Bertz CT molecular complexity index is 1050. The van der Waals surface area contributed by atoms with Gasteiger partial charge in [0.1, 0.15) is 24.9 Å². The van der Waals surface area contributed by atoms with E-state index in [1.54, 1.807) is 4.57 Å². The van der Waals surface area contributed by atoms with Gasteiger partial charge in [0.2, 0.25) is 5.95 Å². The monoisotopic (exact) mass is 477 g/mol. The first-order valence-electron chi connectivity index (χ1n) is 12.2. The number of aromatic nitrogens is 4. The number of hydrogen-bond acceptors (Lipinski definition) is 9. The number of carbonyl (C=O) groups excluding carboxylic acids is 1. The molecule has 0 bridgehead atoms.